The number of hydrogen-bond acceptors (Lipinski definition) is 7. The Hall–Kier alpha value is -2.78. The zero-order chi connectivity index (χ0) is 23.7. The van der Waals surface area contributed by atoms with Gasteiger partial charge in [0.15, 0.2) is 5.13 Å². The van der Waals surface area contributed by atoms with Gasteiger partial charge in [0, 0.05) is 42.3 Å². The highest BCUT2D eigenvalue weighted by Gasteiger charge is 2.52. The zero-order valence-corrected chi connectivity index (χ0v) is 20.1. The predicted molar refractivity (Wildman–Crippen MR) is 131 cm³/mol. The molecule has 1 aliphatic heterocycles. The maximum atomic E-state index is 13.5. The van der Waals surface area contributed by atoms with Gasteiger partial charge in [-0.05, 0) is 50.2 Å². The van der Waals surface area contributed by atoms with Crippen molar-refractivity contribution in [2.45, 2.75) is 32.1 Å². The van der Waals surface area contributed by atoms with Crippen molar-refractivity contribution in [3.63, 3.8) is 0 Å². The molecule has 2 aliphatic carbocycles. The van der Waals surface area contributed by atoms with Crippen LogP contribution in [0.2, 0.25) is 0 Å². The molecule has 1 saturated heterocycles. The van der Waals surface area contributed by atoms with Gasteiger partial charge in [-0.25, -0.2) is 9.97 Å². The first-order valence-corrected chi connectivity index (χ1v) is 12.9. The summed E-state index contributed by atoms with van der Waals surface area (Å²) >= 11 is 1.60. The summed E-state index contributed by atoms with van der Waals surface area (Å²) in [6.07, 6.45) is 8.63. The number of amides is 2. The van der Waals surface area contributed by atoms with Crippen molar-refractivity contribution >= 4 is 34.1 Å². The van der Waals surface area contributed by atoms with E-state index in [-0.39, 0.29) is 48.6 Å². The number of aliphatic hydroxyl groups is 1. The Morgan fingerprint density at radius 2 is 1.94 bits per heavy atom. The van der Waals surface area contributed by atoms with Crippen LogP contribution in [0.15, 0.2) is 36.5 Å². The van der Waals surface area contributed by atoms with E-state index in [1.807, 2.05) is 30.2 Å². The molecule has 0 spiro atoms. The number of pyridine rings is 1. The molecule has 1 saturated carbocycles. The number of allylic oxidation sites excluding steroid dienone is 2. The molecule has 2 amide bonds. The van der Waals surface area contributed by atoms with E-state index in [9.17, 15) is 9.59 Å². The minimum atomic E-state index is -0.328. The van der Waals surface area contributed by atoms with Crippen molar-refractivity contribution in [1.29, 1.82) is 0 Å². The molecule has 0 radical (unpaired) electrons. The number of anilines is 2. The van der Waals surface area contributed by atoms with Gasteiger partial charge in [0.2, 0.25) is 11.8 Å². The van der Waals surface area contributed by atoms with Crippen molar-refractivity contribution in [1.82, 2.24) is 20.2 Å². The Morgan fingerprint density at radius 1 is 1.18 bits per heavy atom. The van der Waals surface area contributed by atoms with Crippen LogP contribution < -0.4 is 10.6 Å². The van der Waals surface area contributed by atoms with Crippen LogP contribution in [-0.4, -0.2) is 58.0 Å². The SMILES string of the molecule is Cc1cnc(Nc2cccc(C3CCN(C(=O)[C@@H]4[C@@H](C(=O)NCCO)[C@H]5C=C[C@H]4C5)CC3)n2)s1. The molecular formula is C25H31N5O3S. The van der Waals surface area contributed by atoms with Crippen molar-refractivity contribution in [2.24, 2.45) is 23.7 Å². The van der Waals surface area contributed by atoms with E-state index in [4.69, 9.17) is 10.1 Å². The summed E-state index contributed by atoms with van der Waals surface area (Å²) in [5.74, 6) is 0.715. The highest BCUT2D eigenvalue weighted by Crippen LogP contribution is 2.49. The van der Waals surface area contributed by atoms with Gasteiger partial charge in [-0.15, -0.1) is 11.3 Å². The fourth-order valence-electron chi connectivity index (χ4n) is 5.69. The summed E-state index contributed by atoms with van der Waals surface area (Å²) < 4.78 is 0. The van der Waals surface area contributed by atoms with E-state index >= 15 is 0 Å². The molecule has 4 atom stereocenters. The number of aliphatic hydroxyl groups excluding tert-OH is 1. The fraction of sp³-hybridized carbons (Fsp3) is 0.520. The number of thiazole rings is 1. The monoisotopic (exact) mass is 481 g/mol. The maximum absolute atomic E-state index is 13.5. The van der Waals surface area contributed by atoms with Crippen LogP contribution in [0, 0.1) is 30.6 Å². The molecule has 34 heavy (non-hydrogen) atoms. The lowest BCUT2D eigenvalue weighted by molar-refractivity contribution is -0.143. The second-order valence-corrected chi connectivity index (χ2v) is 10.7. The third kappa shape index (κ3) is 4.59. The largest absolute Gasteiger partial charge is 0.395 e. The lowest BCUT2D eigenvalue weighted by Crippen LogP contribution is -2.48. The van der Waals surface area contributed by atoms with Gasteiger partial charge < -0.3 is 20.6 Å². The van der Waals surface area contributed by atoms with Gasteiger partial charge in [0.1, 0.15) is 5.82 Å². The third-order valence-electron chi connectivity index (χ3n) is 7.31. The first kappa shape index (κ1) is 23.0. The molecule has 180 valence electrons. The van der Waals surface area contributed by atoms with E-state index < -0.39 is 0 Å². The van der Waals surface area contributed by atoms with Crippen molar-refractivity contribution in [2.75, 3.05) is 31.6 Å². The lowest BCUT2D eigenvalue weighted by atomic mass is 9.80. The summed E-state index contributed by atoms with van der Waals surface area (Å²) in [6.45, 7) is 3.52. The summed E-state index contributed by atoms with van der Waals surface area (Å²) in [5.41, 5.74) is 1.04. The predicted octanol–water partition coefficient (Wildman–Crippen LogP) is 2.84. The molecule has 8 nitrogen and oxygen atoms in total. The highest BCUT2D eigenvalue weighted by atomic mass is 32.1. The molecule has 2 aromatic heterocycles. The Bertz CT molecular complexity index is 1080. The van der Waals surface area contributed by atoms with Crippen molar-refractivity contribution < 1.29 is 14.7 Å². The van der Waals surface area contributed by atoms with E-state index in [0.717, 1.165) is 40.8 Å². The van der Waals surface area contributed by atoms with Crippen LogP contribution in [0.25, 0.3) is 0 Å². The Labute approximate surface area is 203 Å². The quantitative estimate of drug-likeness (QED) is 0.525. The molecular weight excluding hydrogens is 450 g/mol. The van der Waals surface area contributed by atoms with Crippen LogP contribution in [0.3, 0.4) is 0 Å². The minimum Gasteiger partial charge on any atom is -0.395 e. The minimum absolute atomic E-state index is 0.0945. The molecule has 3 heterocycles. The fourth-order valence-corrected chi connectivity index (χ4v) is 6.36. The van der Waals surface area contributed by atoms with Crippen LogP contribution in [0.5, 0.6) is 0 Å². The summed E-state index contributed by atoms with van der Waals surface area (Å²) in [7, 11) is 0. The maximum Gasteiger partial charge on any atom is 0.227 e. The Morgan fingerprint density at radius 3 is 2.65 bits per heavy atom. The second kappa shape index (κ2) is 9.84. The Kier molecular flexibility index (Phi) is 6.65. The summed E-state index contributed by atoms with van der Waals surface area (Å²) in [5, 5.41) is 16.0. The molecule has 2 bridgehead atoms. The standard InChI is InChI=1S/C25H31N5O3S/c1-15-14-27-25(34-15)29-20-4-2-3-19(28-20)16-7-10-30(11-8-16)24(33)22-18-6-5-17(13-18)21(22)23(32)26-9-12-31/h2-6,14,16-18,21-22,31H,7-13H2,1H3,(H,26,32)(H,27,28,29)/t17-,18-,21-,22-/m0/s1. The summed E-state index contributed by atoms with van der Waals surface area (Å²) in [6, 6.07) is 6.02. The highest BCUT2D eigenvalue weighted by molar-refractivity contribution is 7.15. The molecule has 0 unspecified atom stereocenters. The third-order valence-corrected chi connectivity index (χ3v) is 8.14. The number of aryl methyl sites for hydroxylation is 1. The number of nitrogens with zero attached hydrogens (tertiary/aromatic N) is 3. The molecule has 2 aromatic rings. The summed E-state index contributed by atoms with van der Waals surface area (Å²) in [4.78, 5) is 38.5. The van der Waals surface area contributed by atoms with Gasteiger partial charge in [-0.1, -0.05) is 18.2 Å². The van der Waals surface area contributed by atoms with Gasteiger partial charge >= 0.3 is 0 Å². The van der Waals surface area contributed by atoms with Crippen molar-refractivity contribution in [3.05, 3.63) is 47.1 Å². The number of carbonyl (C=O) groups is 2. The molecule has 3 aliphatic rings. The topological polar surface area (TPSA) is 107 Å². The van der Waals surface area contributed by atoms with Crippen LogP contribution in [0.1, 0.15) is 35.8 Å². The van der Waals surface area contributed by atoms with E-state index in [1.165, 1.54) is 0 Å². The zero-order valence-electron chi connectivity index (χ0n) is 19.3. The molecule has 0 aromatic carbocycles. The molecule has 2 fully saturated rings. The van der Waals surface area contributed by atoms with Crippen LogP contribution in [0.4, 0.5) is 10.9 Å². The van der Waals surface area contributed by atoms with Crippen LogP contribution in [-0.2, 0) is 9.59 Å². The molecule has 3 N–H and O–H groups in total. The van der Waals surface area contributed by atoms with Gasteiger partial charge in [0.25, 0.3) is 0 Å². The van der Waals surface area contributed by atoms with Gasteiger partial charge in [0.05, 0.1) is 18.4 Å². The van der Waals surface area contributed by atoms with Gasteiger partial charge in [-0.2, -0.15) is 0 Å². The van der Waals surface area contributed by atoms with Gasteiger partial charge in [-0.3, -0.25) is 9.59 Å². The second-order valence-electron chi connectivity index (χ2n) is 9.46. The molecule has 9 heteroatoms. The van der Waals surface area contributed by atoms with Crippen LogP contribution >= 0.6 is 11.3 Å². The first-order chi connectivity index (χ1) is 16.5. The van der Waals surface area contributed by atoms with E-state index in [0.29, 0.717) is 19.0 Å². The number of rotatable bonds is 7. The van der Waals surface area contributed by atoms with E-state index in [2.05, 4.69) is 33.8 Å². The average Bonchev–Trinajstić information content (AvgIpc) is 3.58. The van der Waals surface area contributed by atoms with E-state index in [1.54, 1.807) is 11.3 Å². The number of fused-ring (bicyclic) bond motifs is 2. The number of aromatic nitrogens is 2. The lowest BCUT2D eigenvalue weighted by Gasteiger charge is -2.36. The van der Waals surface area contributed by atoms with Crippen molar-refractivity contribution in [3.8, 4) is 0 Å². The number of carbonyl (C=O) groups excluding carboxylic acids is 2. The smallest absolute Gasteiger partial charge is 0.227 e. The number of nitrogens with one attached hydrogen (secondary N) is 2. The Balaban J connectivity index is 1.21. The average molecular weight is 482 g/mol. The molecule has 5 rings (SSSR count). The number of likely N-dealkylation sites (tertiary alicyclic amines) is 1. The number of hydrogen-bond donors (Lipinski definition) is 3. The first-order valence-electron chi connectivity index (χ1n) is 12.1. The number of piperidine rings is 1. The normalized spacial score (nSPS) is 26.1.